The Morgan fingerprint density at radius 2 is 1.63 bits per heavy atom. The van der Waals surface area contributed by atoms with Crippen LogP contribution in [0.4, 0.5) is 4.79 Å². The van der Waals surface area contributed by atoms with Crippen LogP contribution in [0, 0.1) is 0 Å². The van der Waals surface area contributed by atoms with E-state index in [0.29, 0.717) is 12.8 Å². The molecule has 2 saturated heterocycles. The van der Waals surface area contributed by atoms with Gasteiger partial charge in [0.05, 0.1) is 11.1 Å². The lowest BCUT2D eigenvalue weighted by Gasteiger charge is -2.50. The molecule has 162 valence electrons. The molecule has 0 atom stereocenters. The summed E-state index contributed by atoms with van der Waals surface area (Å²) < 4.78 is 0. The average Bonchev–Trinajstić information content (AvgIpc) is 2.78. The lowest BCUT2D eigenvalue weighted by atomic mass is 9.71. The summed E-state index contributed by atoms with van der Waals surface area (Å²) in [6, 6.07) is 3.21. The number of imide groups is 1. The first-order valence-electron chi connectivity index (χ1n) is 9.78. The number of carboxylic acid groups (broad SMARTS) is 2. The summed E-state index contributed by atoms with van der Waals surface area (Å²) in [5.74, 6) is -2.71. The van der Waals surface area contributed by atoms with Gasteiger partial charge >= 0.3 is 18.0 Å². The van der Waals surface area contributed by atoms with Crippen LogP contribution < -0.4 is 10.6 Å². The number of carbonyl (C=O) groups is 4. The Balaban J connectivity index is 1.85. The van der Waals surface area contributed by atoms with Crippen LogP contribution in [-0.4, -0.2) is 62.2 Å². The number of rotatable bonds is 5. The van der Waals surface area contributed by atoms with Crippen LogP contribution in [0.25, 0.3) is 0 Å². The molecule has 9 heteroatoms. The van der Waals surface area contributed by atoms with Gasteiger partial charge in [-0.25, -0.2) is 14.4 Å². The monoisotopic (exact) mass is 417 g/mol. The van der Waals surface area contributed by atoms with Gasteiger partial charge in [-0.1, -0.05) is 0 Å². The smallest absolute Gasteiger partial charge is 0.335 e. The minimum absolute atomic E-state index is 0.0376. The average molecular weight is 417 g/mol. The molecule has 0 aliphatic carbocycles. The summed E-state index contributed by atoms with van der Waals surface area (Å²) in [6.45, 7) is 7.88. The Kier molecular flexibility index (Phi) is 5.14. The van der Waals surface area contributed by atoms with Gasteiger partial charge in [0.15, 0.2) is 0 Å². The maximum absolute atomic E-state index is 13.3. The number of nitrogens with one attached hydrogen (secondary N) is 2. The highest BCUT2D eigenvalue weighted by Crippen LogP contribution is 2.39. The normalized spacial score (nSPS) is 21.5. The van der Waals surface area contributed by atoms with Crippen molar-refractivity contribution in [1.82, 2.24) is 15.5 Å². The van der Waals surface area contributed by atoms with Gasteiger partial charge in [-0.3, -0.25) is 9.69 Å². The second-order valence-electron chi connectivity index (χ2n) is 9.45. The Morgan fingerprint density at radius 1 is 1.03 bits per heavy atom. The predicted molar refractivity (Wildman–Crippen MR) is 108 cm³/mol. The molecule has 0 aromatic heterocycles. The largest absolute Gasteiger partial charge is 0.478 e. The van der Waals surface area contributed by atoms with Crippen LogP contribution in [0.1, 0.15) is 66.8 Å². The molecule has 30 heavy (non-hydrogen) atoms. The van der Waals surface area contributed by atoms with Crippen LogP contribution in [0.15, 0.2) is 18.2 Å². The van der Waals surface area contributed by atoms with Crippen LogP contribution in [0.2, 0.25) is 0 Å². The molecule has 3 amide bonds. The van der Waals surface area contributed by atoms with E-state index >= 15 is 0 Å². The van der Waals surface area contributed by atoms with Gasteiger partial charge in [0, 0.05) is 17.6 Å². The fourth-order valence-electron chi connectivity index (χ4n) is 5.07. The van der Waals surface area contributed by atoms with Crippen LogP contribution in [-0.2, 0) is 11.2 Å². The van der Waals surface area contributed by atoms with Crippen molar-refractivity contribution in [2.45, 2.75) is 63.6 Å². The molecular weight excluding hydrogens is 390 g/mol. The number of hydrogen-bond donors (Lipinski definition) is 4. The molecule has 2 heterocycles. The number of carbonyl (C=O) groups excluding carboxylic acids is 2. The Morgan fingerprint density at radius 3 is 2.17 bits per heavy atom. The van der Waals surface area contributed by atoms with Gasteiger partial charge < -0.3 is 20.8 Å². The Labute approximate surface area is 174 Å². The molecule has 4 N–H and O–H groups in total. The van der Waals surface area contributed by atoms with Gasteiger partial charge in [0.2, 0.25) is 0 Å². The number of nitrogens with zero attached hydrogens (tertiary/aromatic N) is 1. The van der Waals surface area contributed by atoms with E-state index in [9.17, 15) is 29.4 Å². The molecule has 0 radical (unpaired) electrons. The second kappa shape index (κ2) is 7.09. The fourth-order valence-corrected chi connectivity index (χ4v) is 5.07. The van der Waals surface area contributed by atoms with Crippen LogP contribution in [0.3, 0.4) is 0 Å². The van der Waals surface area contributed by atoms with Gasteiger partial charge in [0.25, 0.3) is 5.91 Å². The Bertz CT molecular complexity index is 921. The first-order valence-corrected chi connectivity index (χ1v) is 9.78. The van der Waals surface area contributed by atoms with Crippen molar-refractivity contribution in [2.75, 3.05) is 6.54 Å². The molecule has 2 aliphatic heterocycles. The highest BCUT2D eigenvalue weighted by Gasteiger charge is 2.58. The summed E-state index contributed by atoms with van der Waals surface area (Å²) in [6.07, 6.45) is 0.905. The molecule has 0 saturated carbocycles. The Hall–Kier alpha value is -2.94. The summed E-state index contributed by atoms with van der Waals surface area (Å²) >= 11 is 0. The van der Waals surface area contributed by atoms with E-state index in [1.165, 1.54) is 18.2 Å². The van der Waals surface area contributed by atoms with Crippen molar-refractivity contribution in [3.63, 3.8) is 0 Å². The SMILES string of the molecule is CC1(C)CC2(CC(C)(C)N1)NC(=O)N(CCc1cc(C(=O)O)ccc1C(=O)O)C2=O. The van der Waals surface area contributed by atoms with Crippen molar-refractivity contribution in [3.8, 4) is 0 Å². The third-order valence-corrected chi connectivity index (χ3v) is 5.60. The van der Waals surface area contributed by atoms with E-state index < -0.39 is 23.5 Å². The minimum atomic E-state index is -1.20. The van der Waals surface area contributed by atoms with E-state index in [2.05, 4.69) is 10.6 Å². The van der Waals surface area contributed by atoms with Crippen molar-refractivity contribution in [1.29, 1.82) is 0 Å². The molecule has 0 unspecified atom stereocenters. The maximum Gasteiger partial charge on any atom is 0.335 e. The predicted octanol–water partition coefficient (Wildman–Crippen LogP) is 1.86. The molecule has 1 aromatic carbocycles. The molecule has 2 fully saturated rings. The third kappa shape index (κ3) is 4.02. The number of amides is 3. The highest BCUT2D eigenvalue weighted by atomic mass is 16.4. The fraction of sp³-hybridized carbons (Fsp3) is 0.524. The summed E-state index contributed by atoms with van der Waals surface area (Å²) in [4.78, 5) is 49.8. The number of piperidine rings is 1. The molecule has 3 rings (SSSR count). The third-order valence-electron chi connectivity index (χ3n) is 5.60. The summed E-state index contributed by atoms with van der Waals surface area (Å²) in [5.41, 5.74) is -1.60. The standard InChI is InChI=1S/C21H27N3O6/c1-19(2)10-21(11-20(3,4)23-19)17(29)24(18(30)22-21)8-7-12-9-13(15(25)26)5-6-14(12)16(27)28/h5-6,9,23H,7-8,10-11H2,1-4H3,(H,22,30)(H,25,26)(H,27,28). The molecule has 9 nitrogen and oxygen atoms in total. The molecule has 1 spiro atoms. The molecule has 0 bridgehead atoms. The molecular formula is C21H27N3O6. The van der Waals surface area contributed by atoms with E-state index in [1.54, 1.807) is 0 Å². The summed E-state index contributed by atoms with van der Waals surface area (Å²) in [5, 5.41) is 24.9. The van der Waals surface area contributed by atoms with E-state index in [4.69, 9.17) is 0 Å². The van der Waals surface area contributed by atoms with E-state index in [1.807, 2.05) is 27.7 Å². The van der Waals surface area contributed by atoms with E-state index in [-0.39, 0.29) is 46.6 Å². The zero-order valence-corrected chi connectivity index (χ0v) is 17.5. The van der Waals surface area contributed by atoms with Crippen molar-refractivity contribution in [2.24, 2.45) is 0 Å². The summed E-state index contributed by atoms with van der Waals surface area (Å²) in [7, 11) is 0. The molecule has 2 aliphatic rings. The van der Waals surface area contributed by atoms with Gasteiger partial charge in [-0.15, -0.1) is 0 Å². The van der Waals surface area contributed by atoms with Crippen molar-refractivity contribution < 1.29 is 29.4 Å². The van der Waals surface area contributed by atoms with Gasteiger partial charge in [0.1, 0.15) is 5.54 Å². The second-order valence-corrected chi connectivity index (χ2v) is 9.45. The number of urea groups is 1. The molecule has 1 aromatic rings. The maximum atomic E-state index is 13.3. The highest BCUT2D eigenvalue weighted by molar-refractivity contribution is 6.07. The lowest BCUT2D eigenvalue weighted by molar-refractivity contribution is -0.134. The van der Waals surface area contributed by atoms with Crippen LogP contribution >= 0.6 is 0 Å². The van der Waals surface area contributed by atoms with Gasteiger partial charge in [-0.2, -0.15) is 0 Å². The minimum Gasteiger partial charge on any atom is -0.478 e. The number of carboxylic acids is 2. The first-order chi connectivity index (χ1) is 13.8. The number of hydrogen-bond acceptors (Lipinski definition) is 5. The topological polar surface area (TPSA) is 136 Å². The van der Waals surface area contributed by atoms with Crippen LogP contribution in [0.5, 0.6) is 0 Å². The number of aromatic carboxylic acids is 2. The zero-order chi connectivity index (χ0) is 22.5. The van der Waals surface area contributed by atoms with Crippen molar-refractivity contribution >= 4 is 23.9 Å². The van der Waals surface area contributed by atoms with Crippen molar-refractivity contribution in [3.05, 3.63) is 34.9 Å². The lowest BCUT2D eigenvalue weighted by Crippen LogP contribution is -2.68. The quantitative estimate of drug-likeness (QED) is 0.537. The number of benzene rings is 1. The first kappa shape index (κ1) is 21.8. The van der Waals surface area contributed by atoms with Gasteiger partial charge in [-0.05, 0) is 70.7 Å². The van der Waals surface area contributed by atoms with E-state index in [0.717, 1.165) is 4.90 Å². The zero-order valence-electron chi connectivity index (χ0n) is 17.5.